The van der Waals surface area contributed by atoms with Crippen LogP contribution in [0, 0.1) is 5.92 Å². The molecule has 0 radical (unpaired) electrons. The molecule has 112 valence electrons. The summed E-state index contributed by atoms with van der Waals surface area (Å²) in [4.78, 5) is 19.4. The summed E-state index contributed by atoms with van der Waals surface area (Å²) in [6, 6.07) is 3.52. The molecule has 0 saturated heterocycles. The second-order valence-electron chi connectivity index (χ2n) is 5.41. The molecule has 0 aliphatic rings. The van der Waals surface area contributed by atoms with Crippen molar-refractivity contribution < 1.29 is 9.53 Å². The monoisotopic (exact) mass is 280 g/mol. The topological polar surface area (TPSA) is 71.7 Å². The maximum Gasteiger partial charge on any atom is 0.241 e. The molecule has 1 amide bonds. The van der Waals surface area contributed by atoms with E-state index in [9.17, 15) is 4.79 Å². The number of anilines is 2. The minimum absolute atomic E-state index is 0.00998. The van der Waals surface area contributed by atoms with Gasteiger partial charge in [0.2, 0.25) is 11.8 Å². The van der Waals surface area contributed by atoms with Crippen molar-refractivity contribution >= 4 is 17.4 Å². The van der Waals surface area contributed by atoms with E-state index in [1.54, 1.807) is 36.0 Å². The van der Waals surface area contributed by atoms with Crippen LogP contribution in [0.1, 0.15) is 13.8 Å². The van der Waals surface area contributed by atoms with Crippen LogP contribution < -0.4 is 15.4 Å². The molecule has 0 unspecified atom stereocenters. The summed E-state index contributed by atoms with van der Waals surface area (Å²) >= 11 is 0. The minimum atomic E-state index is 0.00998. The van der Waals surface area contributed by atoms with Crippen molar-refractivity contribution in [2.75, 3.05) is 44.9 Å². The number of nitrogen functional groups attached to an aromatic ring is 1. The van der Waals surface area contributed by atoms with Crippen LogP contribution in [0.4, 0.5) is 11.5 Å². The Balaban J connectivity index is 2.80. The number of ether oxygens (including phenoxy) is 1. The predicted molar refractivity (Wildman–Crippen MR) is 80.9 cm³/mol. The summed E-state index contributed by atoms with van der Waals surface area (Å²) in [7, 11) is 5.26. The van der Waals surface area contributed by atoms with Gasteiger partial charge in [-0.1, -0.05) is 13.8 Å². The van der Waals surface area contributed by atoms with Gasteiger partial charge in [-0.2, -0.15) is 4.98 Å². The van der Waals surface area contributed by atoms with Crippen molar-refractivity contribution in [1.29, 1.82) is 0 Å². The summed E-state index contributed by atoms with van der Waals surface area (Å²) in [6.07, 6.45) is 0. The average molecular weight is 280 g/mol. The maximum atomic E-state index is 11.7. The average Bonchev–Trinajstić information content (AvgIpc) is 2.37. The summed E-state index contributed by atoms with van der Waals surface area (Å²) in [6.45, 7) is 4.93. The zero-order valence-corrected chi connectivity index (χ0v) is 12.9. The van der Waals surface area contributed by atoms with Gasteiger partial charge in [-0.3, -0.25) is 4.79 Å². The molecule has 20 heavy (non-hydrogen) atoms. The molecule has 0 saturated carbocycles. The summed E-state index contributed by atoms with van der Waals surface area (Å²) in [5.74, 6) is 1.48. The van der Waals surface area contributed by atoms with Gasteiger partial charge in [-0.25, -0.2) is 0 Å². The molecule has 0 bridgehead atoms. The molecule has 1 aromatic rings. The van der Waals surface area contributed by atoms with Gasteiger partial charge in [0.15, 0.2) is 0 Å². The van der Waals surface area contributed by atoms with Gasteiger partial charge >= 0.3 is 0 Å². The van der Waals surface area contributed by atoms with E-state index in [2.05, 4.69) is 18.8 Å². The summed E-state index contributed by atoms with van der Waals surface area (Å²) in [5, 5.41) is 0. The third-order valence-corrected chi connectivity index (χ3v) is 2.69. The first-order valence-corrected chi connectivity index (χ1v) is 6.62. The van der Waals surface area contributed by atoms with Gasteiger partial charge in [-0.15, -0.1) is 0 Å². The number of hydrogen-bond acceptors (Lipinski definition) is 5. The fourth-order valence-electron chi connectivity index (χ4n) is 1.44. The quantitative estimate of drug-likeness (QED) is 0.848. The summed E-state index contributed by atoms with van der Waals surface area (Å²) < 4.78 is 5.58. The van der Waals surface area contributed by atoms with Crippen LogP contribution in [0.2, 0.25) is 0 Å². The number of likely N-dealkylation sites (N-methyl/N-ethyl adjacent to an activating group) is 2. The lowest BCUT2D eigenvalue weighted by atomic mass is 10.2. The van der Waals surface area contributed by atoms with Crippen LogP contribution in [-0.2, 0) is 4.79 Å². The molecule has 1 rings (SSSR count). The summed E-state index contributed by atoms with van der Waals surface area (Å²) in [5.41, 5.74) is 6.35. The van der Waals surface area contributed by atoms with Crippen LogP contribution in [0.25, 0.3) is 0 Å². The van der Waals surface area contributed by atoms with E-state index in [4.69, 9.17) is 10.5 Å². The number of carbonyl (C=O) groups is 1. The van der Waals surface area contributed by atoms with Gasteiger partial charge in [-0.05, 0) is 18.1 Å². The Hall–Kier alpha value is -1.98. The Morgan fingerprint density at radius 2 is 2.00 bits per heavy atom. The third-order valence-electron chi connectivity index (χ3n) is 2.69. The van der Waals surface area contributed by atoms with E-state index >= 15 is 0 Å². The molecule has 1 aromatic heterocycles. The highest BCUT2D eigenvalue weighted by molar-refractivity contribution is 5.80. The Labute approximate surface area is 120 Å². The first-order valence-electron chi connectivity index (χ1n) is 6.62. The van der Waals surface area contributed by atoms with Crippen molar-refractivity contribution in [3.8, 4) is 5.88 Å². The fraction of sp³-hybridized carbons (Fsp3) is 0.571. The smallest absolute Gasteiger partial charge is 0.241 e. The van der Waals surface area contributed by atoms with E-state index in [1.165, 1.54) is 0 Å². The number of pyridine rings is 1. The highest BCUT2D eigenvalue weighted by Gasteiger charge is 2.12. The van der Waals surface area contributed by atoms with Gasteiger partial charge < -0.3 is 20.3 Å². The molecule has 6 heteroatoms. The SMILES string of the molecule is CC(C)COc1nc(N(C)CC(=O)N(C)C)ccc1N. The van der Waals surface area contributed by atoms with Gasteiger partial charge in [0.05, 0.1) is 18.8 Å². The van der Waals surface area contributed by atoms with Crippen LogP contribution in [0.5, 0.6) is 5.88 Å². The molecule has 2 N–H and O–H groups in total. The van der Waals surface area contributed by atoms with Gasteiger partial charge in [0, 0.05) is 21.1 Å². The largest absolute Gasteiger partial charge is 0.476 e. The standard InChI is InChI=1S/C14H24N4O2/c1-10(2)9-20-14-11(15)6-7-12(16-14)18(5)8-13(19)17(3)4/h6-7,10H,8-9,15H2,1-5H3. The highest BCUT2D eigenvalue weighted by Crippen LogP contribution is 2.23. The van der Waals surface area contributed by atoms with Crippen LogP contribution in [-0.4, -0.2) is 50.1 Å². The number of aromatic nitrogens is 1. The maximum absolute atomic E-state index is 11.7. The zero-order chi connectivity index (χ0) is 15.3. The third kappa shape index (κ3) is 4.60. The number of hydrogen-bond donors (Lipinski definition) is 1. The molecule has 0 aliphatic carbocycles. The Kier molecular flexibility index (Phi) is 5.61. The lowest BCUT2D eigenvalue weighted by Gasteiger charge is -2.21. The van der Waals surface area contributed by atoms with Crippen LogP contribution >= 0.6 is 0 Å². The van der Waals surface area contributed by atoms with E-state index in [-0.39, 0.29) is 12.5 Å². The van der Waals surface area contributed by atoms with Gasteiger partial charge in [0.25, 0.3) is 0 Å². The van der Waals surface area contributed by atoms with E-state index in [1.807, 2.05) is 7.05 Å². The Morgan fingerprint density at radius 1 is 1.35 bits per heavy atom. The molecule has 0 aliphatic heterocycles. The second kappa shape index (κ2) is 6.98. The second-order valence-corrected chi connectivity index (χ2v) is 5.41. The Bertz CT molecular complexity index is 460. The van der Waals surface area contributed by atoms with Gasteiger partial charge in [0.1, 0.15) is 5.82 Å². The van der Waals surface area contributed by atoms with E-state index in [0.717, 1.165) is 0 Å². The van der Waals surface area contributed by atoms with Crippen LogP contribution in [0.15, 0.2) is 12.1 Å². The zero-order valence-electron chi connectivity index (χ0n) is 12.9. The molecular weight excluding hydrogens is 256 g/mol. The van der Waals surface area contributed by atoms with Crippen molar-refractivity contribution in [3.05, 3.63) is 12.1 Å². The normalized spacial score (nSPS) is 10.5. The number of carbonyl (C=O) groups excluding carboxylic acids is 1. The molecule has 1 heterocycles. The van der Waals surface area contributed by atoms with Crippen molar-refractivity contribution in [1.82, 2.24) is 9.88 Å². The van der Waals surface area contributed by atoms with E-state index in [0.29, 0.717) is 29.9 Å². The van der Waals surface area contributed by atoms with Crippen molar-refractivity contribution in [2.45, 2.75) is 13.8 Å². The first kappa shape index (κ1) is 16.1. The fourth-order valence-corrected chi connectivity index (χ4v) is 1.44. The minimum Gasteiger partial charge on any atom is -0.476 e. The number of nitrogens with two attached hydrogens (primary N) is 1. The number of rotatable bonds is 6. The molecule has 0 spiro atoms. The molecule has 0 atom stereocenters. The molecule has 6 nitrogen and oxygen atoms in total. The number of amides is 1. The van der Waals surface area contributed by atoms with Crippen LogP contribution in [0.3, 0.4) is 0 Å². The highest BCUT2D eigenvalue weighted by atomic mass is 16.5. The predicted octanol–water partition coefficient (Wildman–Crippen LogP) is 1.22. The Morgan fingerprint density at radius 3 is 2.55 bits per heavy atom. The molecule has 0 aromatic carbocycles. The molecule has 0 fully saturated rings. The van der Waals surface area contributed by atoms with Crippen molar-refractivity contribution in [3.63, 3.8) is 0 Å². The molecular formula is C14H24N4O2. The lowest BCUT2D eigenvalue weighted by Crippen LogP contribution is -2.34. The number of nitrogens with zero attached hydrogens (tertiary/aromatic N) is 3. The van der Waals surface area contributed by atoms with Crippen molar-refractivity contribution in [2.24, 2.45) is 5.92 Å². The first-order chi connectivity index (χ1) is 9.31. The van der Waals surface area contributed by atoms with E-state index < -0.39 is 0 Å². The lowest BCUT2D eigenvalue weighted by molar-refractivity contribution is -0.127.